The van der Waals surface area contributed by atoms with E-state index in [0.29, 0.717) is 13.2 Å². The Kier molecular flexibility index (Phi) is 5.11. The highest BCUT2D eigenvalue weighted by Gasteiger charge is 2.36. The fraction of sp³-hybridized carbons (Fsp3) is 0.714. The molecule has 0 aliphatic heterocycles. The molecule has 0 fully saturated rings. The van der Waals surface area contributed by atoms with Crippen molar-refractivity contribution < 1.29 is 9.53 Å². The number of hydrogen-bond acceptors (Lipinski definition) is 4. The van der Waals surface area contributed by atoms with Crippen LogP contribution in [0.3, 0.4) is 0 Å². The number of hydrogen-bond donors (Lipinski definition) is 1. The summed E-state index contributed by atoms with van der Waals surface area (Å²) in [7, 11) is 0. The van der Waals surface area contributed by atoms with E-state index < -0.39 is 5.54 Å². The van der Waals surface area contributed by atoms with Crippen LogP contribution in [-0.2, 0) is 16.1 Å². The zero-order chi connectivity index (χ0) is 14.6. The molecule has 0 saturated carbocycles. The topological polar surface area (TPSA) is 56.2 Å². The van der Waals surface area contributed by atoms with Crippen molar-refractivity contribution in [2.45, 2.75) is 59.7 Å². The van der Waals surface area contributed by atoms with Crippen LogP contribution in [0, 0.1) is 13.8 Å². The maximum atomic E-state index is 12.2. The molecule has 0 aromatic carbocycles. The number of aryl methyl sites for hydroxylation is 2. The second kappa shape index (κ2) is 6.19. The predicted octanol–water partition coefficient (Wildman–Crippen LogP) is 1.82. The smallest absolute Gasteiger partial charge is 0.327 e. The van der Waals surface area contributed by atoms with Gasteiger partial charge in [-0.1, -0.05) is 0 Å². The van der Waals surface area contributed by atoms with E-state index in [0.717, 1.165) is 11.4 Å². The van der Waals surface area contributed by atoms with Gasteiger partial charge in [0.15, 0.2) is 0 Å². The van der Waals surface area contributed by atoms with E-state index in [9.17, 15) is 4.79 Å². The summed E-state index contributed by atoms with van der Waals surface area (Å²) >= 11 is 0. The Hall–Kier alpha value is -1.36. The molecule has 1 atom stereocenters. The Morgan fingerprint density at radius 1 is 1.53 bits per heavy atom. The lowest BCUT2D eigenvalue weighted by Gasteiger charge is -2.31. The van der Waals surface area contributed by atoms with E-state index in [4.69, 9.17) is 4.74 Å². The molecule has 0 aliphatic carbocycles. The first-order chi connectivity index (χ1) is 8.78. The summed E-state index contributed by atoms with van der Waals surface area (Å²) in [6.45, 7) is 12.5. The highest BCUT2D eigenvalue weighted by Crippen LogP contribution is 2.14. The molecule has 1 N–H and O–H groups in total. The Labute approximate surface area is 115 Å². The van der Waals surface area contributed by atoms with E-state index in [2.05, 4.69) is 10.4 Å². The maximum Gasteiger partial charge on any atom is 0.327 e. The predicted molar refractivity (Wildman–Crippen MR) is 75.0 cm³/mol. The first-order valence-corrected chi connectivity index (χ1v) is 6.74. The van der Waals surface area contributed by atoms with Gasteiger partial charge in [0, 0.05) is 11.7 Å². The fourth-order valence-corrected chi connectivity index (χ4v) is 2.23. The summed E-state index contributed by atoms with van der Waals surface area (Å²) < 4.78 is 7.03. The molecule has 0 bridgehead atoms. The third kappa shape index (κ3) is 4.06. The van der Waals surface area contributed by atoms with Gasteiger partial charge in [0.2, 0.25) is 0 Å². The Bertz CT molecular complexity index is 440. The van der Waals surface area contributed by atoms with Crippen LogP contribution in [0.15, 0.2) is 6.07 Å². The Balaban J connectivity index is 2.97. The lowest BCUT2D eigenvalue weighted by molar-refractivity contribution is -0.151. The molecule has 0 radical (unpaired) electrons. The third-order valence-corrected chi connectivity index (χ3v) is 2.90. The minimum absolute atomic E-state index is 0.186. The number of nitrogens with one attached hydrogen (secondary N) is 1. The molecule has 19 heavy (non-hydrogen) atoms. The van der Waals surface area contributed by atoms with E-state index in [-0.39, 0.29) is 12.0 Å². The van der Waals surface area contributed by atoms with Gasteiger partial charge >= 0.3 is 5.97 Å². The van der Waals surface area contributed by atoms with Crippen molar-refractivity contribution in [2.24, 2.45) is 0 Å². The molecule has 1 aromatic heterocycles. The SMILES string of the molecule is CCOC(=O)C(C)(Cn1nc(C)cc1C)NC(C)C. The quantitative estimate of drug-likeness (QED) is 0.799. The number of esters is 1. The summed E-state index contributed by atoms with van der Waals surface area (Å²) in [5.41, 5.74) is 1.22. The molecule has 1 unspecified atom stereocenters. The molecule has 108 valence electrons. The molecule has 5 heteroatoms. The summed E-state index contributed by atoms with van der Waals surface area (Å²) in [5, 5.41) is 7.70. The second-order valence-corrected chi connectivity index (χ2v) is 5.44. The normalized spacial score (nSPS) is 14.5. The van der Waals surface area contributed by atoms with Crippen LogP contribution in [0.1, 0.15) is 39.1 Å². The molecule has 0 aliphatic rings. The lowest BCUT2D eigenvalue weighted by atomic mass is 10.0. The van der Waals surface area contributed by atoms with Crippen molar-refractivity contribution >= 4 is 5.97 Å². The molecule has 0 saturated heterocycles. The summed E-state index contributed by atoms with van der Waals surface area (Å²) in [4.78, 5) is 12.2. The van der Waals surface area contributed by atoms with Crippen molar-refractivity contribution in [3.63, 3.8) is 0 Å². The van der Waals surface area contributed by atoms with Crippen LogP contribution in [0.5, 0.6) is 0 Å². The summed E-state index contributed by atoms with van der Waals surface area (Å²) in [6.07, 6.45) is 0. The van der Waals surface area contributed by atoms with Crippen molar-refractivity contribution in [3.05, 3.63) is 17.5 Å². The van der Waals surface area contributed by atoms with E-state index >= 15 is 0 Å². The maximum absolute atomic E-state index is 12.2. The summed E-state index contributed by atoms with van der Waals surface area (Å²) in [5.74, 6) is -0.240. The van der Waals surface area contributed by atoms with Crippen molar-refractivity contribution in [2.75, 3.05) is 6.61 Å². The molecular weight excluding hydrogens is 242 g/mol. The van der Waals surface area contributed by atoms with Crippen molar-refractivity contribution in [1.82, 2.24) is 15.1 Å². The van der Waals surface area contributed by atoms with Gasteiger partial charge in [0.25, 0.3) is 0 Å². The second-order valence-electron chi connectivity index (χ2n) is 5.44. The number of rotatable bonds is 6. The molecule has 0 spiro atoms. The van der Waals surface area contributed by atoms with Crippen LogP contribution in [0.2, 0.25) is 0 Å². The highest BCUT2D eigenvalue weighted by molar-refractivity contribution is 5.80. The molecular formula is C14H25N3O2. The largest absolute Gasteiger partial charge is 0.465 e. The van der Waals surface area contributed by atoms with Crippen LogP contribution in [0.25, 0.3) is 0 Å². The lowest BCUT2D eigenvalue weighted by Crippen LogP contribution is -2.56. The van der Waals surface area contributed by atoms with Gasteiger partial charge in [-0.3, -0.25) is 10.00 Å². The Morgan fingerprint density at radius 2 is 2.16 bits per heavy atom. The van der Waals surface area contributed by atoms with Crippen LogP contribution in [0.4, 0.5) is 0 Å². The van der Waals surface area contributed by atoms with Gasteiger partial charge in [-0.05, 0) is 47.6 Å². The van der Waals surface area contributed by atoms with Crippen molar-refractivity contribution in [3.8, 4) is 0 Å². The minimum Gasteiger partial charge on any atom is -0.465 e. The average Bonchev–Trinajstić information content (AvgIpc) is 2.56. The molecule has 1 heterocycles. The highest BCUT2D eigenvalue weighted by atomic mass is 16.5. The van der Waals surface area contributed by atoms with Gasteiger partial charge in [0.1, 0.15) is 5.54 Å². The number of carbonyl (C=O) groups is 1. The van der Waals surface area contributed by atoms with Gasteiger partial charge < -0.3 is 4.74 Å². The molecule has 5 nitrogen and oxygen atoms in total. The summed E-state index contributed by atoms with van der Waals surface area (Å²) in [6, 6.07) is 2.19. The van der Waals surface area contributed by atoms with Gasteiger partial charge in [-0.2, -0.15) is 5.10 Å². The van der Waals surface area contributed by atoms with Gasteiger partial charge in [-0.15, -0.1) is 0 Å². The van der Waals surface area contributed by atoms with Gasteiger partial charge in [0.05, 0.1) is 18.8 Å². The monoisotopic (exact) mass is 267 g/mol. The molecule has 1 rings (SSSR count). The average molecular weight is 267 g/mol. The van der Waals surface area contributed by atoms with Crippen LogP contribution < -0.4 is 5.32 Å². The van der Waals surface area contributed by atoms with E-state index in [1.54, 1.807) is 0 Å². The number of nitrogens with zero attached hydrogens (tertiary/aromatic N) is 2. The van der Waals surface area contributed by atoms with Crippen molar-refractivity contribution in [1.29, 1.82) is 0 Å². The first kappa shape index (κ1) is 15.7. The molecule has 0 amide bonds. The van der Waals surface area contributed by atoms with Crippen LogP contribution in [-0.4, -0.2) is 33.9 Å². The Morgan fingerprint density at radius 3 is 2.58 bits per heavy atom. The zero-order valence-electron chi connectivity index (χ0n) is 12.8. The van der Waals surface area contributed by atoms with E-state index in [1.807, 2.05) is 52.3 Å². The number of carbonyl (C=O) groups excluding carboxylic acids is 1. The fourth-order valence-electron chi connectivity index (χ4n) is 2.23. The van der Waals surface area contributed by atoms with Gasteiger partial charge in [-0.25, -0.2) is 4.79 Å². The third-order valence-electron chi connectivity index (χ3n) is 2.90. The molecule has 1 aromatic rings. The standard InChI is InChI=1S/C14H25N3O2/c1-7-19-13(18)14(6,15-10(2)3)9-17-12(5)8-11(4)16-17/h8,10,15H,7,9H2,1-6H3. The number of ether oxygens (including phenoxy) is 1. The zero-order valence-corrected chi connectivity index (χ0v) is 12.8. The van der Waals surface area contributed by atoms with E-state index in [1.165, 1.54) is 0 Å². The number of aromatic nitrogens is 2. The minimum atomic E-state index is -0.770. The first-order valence-electron chi connectivity index (χ1n) is 6.74. The van der Waals surface area contributed by atoms with Crippen LogP contribution >= 0.6 is 0 Å².